The number of piperidine rings is 2. The van der Waals surface area contributed by atoms with Crippen molar-refractivity contribution in [2.24, 2.45) is 5.92 Å². The molecule has 0 spiro atoms. The third-order valence-corrected chi connectivity index (χ3v) is 5.85. The molecule has 1 N–H and O–H groups in total. The molecule has 2 aromatic rings. The Balaban J connectivity index is 1.24. The van der Waals surface area contributed by atoms with Crippen LogP contribution < -0.4 is 10.2 Å². The van der Waals surface area contributed by atoms with Crippen molar-refractivity contribution in [3.05, 3.63) is 54.5 Å². The number of nitrogens with one attached hydrogen (secondary N) is 1. The first-order chi connectivity index (χ1) is 13.8. The quantitative estimate of drug-likeness (QED) is 0.865. The van der Waals surface area contributed by atoms with Crippen LogP contribution in [0.15, 0.2) is 48.9 Å². The molecule has 4 rings (SSSR count). The molecule has 0 bridgehead atoms. The third-order valence-electron chi connectivity index (χ3n) is 5.85. The number of amides is 1. The highest BCUT2D eigenvalue weighted by Gasteiger charge is 2.29. The number of aromatic nitrogens is 2. The van der Waals surface area contributed by atoms with E-state index in [2.05, 4.69) is 55.4 Å². The van der Waals surface area contributed by atoms with Crippen molar-refractivity contribution < 1.29 is 4.79 Å². The number of anilines is 1. The van der Waals surface area contributed by atoms with E-state index < -0.39 is 0 Å². The zero-order chi connectivity index (χ0) is 19.2. The number of benzene rings is 1. The molecular formula is C22H29N5O. The van der Waals surface area contributed by atoms with Gasteiger partial charge in [0.2, 0.25) is 5.91 Å². The molecule has 3 heterocycles. The smallest absolute Gasteiger partial charge is 0.225 e. The van der Waals surface area contributed by atoms with Crippen molar-refractivity contribution in [2.75, 3.05) is 31.1 Å². The summed E-state index contributed by atoms with van der Waals surface area (Å²) in [6.07, 6.45) is 9.20. The highest BCUT2D eigenvalue weighted by molar-refractivity contribution is 5.79. The van der Waals surface area contributed by atoms with Crippen molar-refractivity contribution in [1.29, 1.82) is 0 Å². The zero-order valence-electron chi connectivity index (χ0n) is 16.3. The number of hydrogen-bond donors (Lipinski definition) is 1. The normalized spacial score (nSPS) is 21.4. The molecule has 2 aliphatic rings. The first kappa shape index (κ1) is 18.9. The maximum Gasteiger partial charge on any atom is 0.225 e. The second-order valence-electron chi connectivity index (χ2n) is 7.89. The fourth-order valence-corrected chi connectivity index (χ4v) is 4.25. The van der Waals surface area contributed by atoms with Gasteiger partial charge in [0.05, 0.1) is 12.1 Å². The Hall–Kier alpha value is -2.47. The SMILES string of the molecule is O=C(NC1CCN(Cc2ccccc2)CC1)C1CCCN(c2cnccn2)C1. The Morgan fingerprint density at radius 1 is 1.07 bits per heavy atom. The van der Waals surface area contributed by atoms with Gasteiger partial charge in [-0.15, -0.1) is 0 Å². The van der Waals surface area contributed by atoms with Crippen molar-refractivity contribution in [1.82, 2.24) is 20.2 Å². The molecule has 148 valence electrons. The largest absolute Gasteiger partial charge is 0.355 e. The van der Waals surface area contributed by atoms with Gasteiger partial charge in [0.15, 0.2) is 0 Å². The van der Waals surface area contributed by atoms with Crippen LogP contribution >= 0.6 is 0 Å². The molecule has 0 aliphatic carbocycles. The third kappa shape index (κ3) is 4.87. The lowest BCUT2D eigenvalue weighted by Gasteiger charge is -2.35. The highest BCUT2D eigenvalue weighted by atomic mass is 16.2. The van der Waals surface area contributed by atoms with Crippen molar-refractivity contribution in [3.63, 3.8) is 0 Å². The van der Waals surface area contributed by atoms with Crippen molar-refractivity contribution >= 4 is 11.7 Å². The van der Waals surface area contributed by atoms with Crippen LogP contribution in [0.1, 0.15) is 31.2 Å². The molecule has 2 aliphatic heterocycles. The van der Waals surface area contributed by atoms with Crippen LogP contribution in [0.2, 0.25) is 0 Å². The van der Waals surface area contributed by atoms with Gasteiger partial charge in [0, 0.05) is 51.2 Å². The lowest BCUT2D eigenvalue weighted by Crippen LogP contribution is -2.49. The number of carbonyl (C=O) groups is 1. The molecule has 0 radical (unpaired) electrons. The van der Waals surface area contributed by atoms with Crippen molar-refractivity contribution in [2.45, 2.75) is 38.3 Å². The second kappa shape index (κ2) is 9.15. The van der Waals surface area contributed by atoms with Crippen LogP contribution in [0, 0.1) is 5.92 Å². The molecule has 1 amide bonds. The lowest BCUT2D eigenvalue weighted by molar-refractivity contribution is -0.126. The highest BCUT2D eigenvalue weighted by Crippen LogP contribution is 2.22. The minimum atomic E-state index is 0.0399. The predicted molar refractivity (Wildman–Crippen MR) is 110 cm³/mol. The summed E-state index contributed by atoms with van der Waals surface area (Å²) in [4.78, 5) is 26.0. The van der Waals surface area contributed by atoms with E-state index in [0.29, 0.717) is 6.04 Å². The van der Waals surface area contributed by atoms with E-state index in [-0.39, 0.29) is 11.8 Å². The molecular weight excluding hydrogens is 350 g/mol. The fourth-order valence-electron chi connectivity index (χ4n) is 4.25. The van der Waals surface area contributed by atoms with E-state index in [1.54, 1.807) is 18.6 Å². The Morgan fingerprint density at radius 2 is 1.89 bits per heavy atom. The first-order valence-corrected chi connectivity index (χ1v) is 10.4. The summed E-state index contributed by atoms with van der Waals surface area (Å²) in [7, 11) is 0. The zero-order valence-corrected chi connectivity index (χ0v) is 16.3. The van der Waals surface area contributed by atoms with Crippen LogP contribution in [0.3, 0.4) is 0 Å². The van der Waals surface area contributed by atoms with Gasteiger partial charge in [-0.05, 0) is 31.2 Å². The summed E-state index contributed by atoms with van der Waals surface area (Å²) in [6.45, 7) is 4.75. The molecule has 1 unspecified atom stereocenters. The Labute approximate surface area is 167 Å². The van der Waals surface area contributed by atoms with E-state index in [0.717, 1.165) is 64.2 Å². The van der Waals surface area contributed by atoms with Crippen LogP contribution in [0.5, 0.6) is 0 Å². The Morgan fingerprint density at radius 3 is 2.64 bits per heavy atom. The van der Waals surface area contributed by atoms with Crippen LogP contribution in [-0.2, 0) is 11.3 Å². The van der Waals surface area contributed by atoms with Gasteiger partial charge in [-0.25, -0.2) is 4.98 Å². The van der Waals surface area contributed by atoms with Crippen molar-refractivity contribution in [3.8, 4) is 0 Å². The van der Waals surface area contributed by atoms with E-state index in [4.69, 9.17) is 0 Å². The standard InChI is InChI=1S/C22H29N5O/c28-22(19-7-4-12-27(17-19)21-15-23-10-11-24-21)25-20-8-13-26(14-9-20)16-18-5-2-1-3-6-18/h1-3,5-6,10-11,15,19-20H,4,7-9,12-14,16-17H2,(H,25,28). The average molecular weight is 380 g/mol. The second-order valence-corrected chi connectivity index (χ2v) is 7.89. The van der Waals surface area contributed by atoms with Crippen LogP contribution in [0.25, 0.3) is 0 Å². The summed E-state index contributed by atoms with van der Waals surface area (Å²) in [6, 6.07) is 10.9. The molecule has 6 heteroatoms. The number of rotatable bonds is 5. The van der Waals surface area contributed by atoms with E-state index in [1.807, 2.05) is 0 Å². The van der Waals surface area contributed by atoms with Gasteiger partial charge in [-0.1, -0.05) is 30.3 Å². The average Bonchev–Trinajstić information content (AvgIpc) is 2.76. The maximum atomic E-state index is 12.8. The van der Waals surface area contributed by atoms with E-state index in [9.17, 15) is 4.79 Å². The molecule has 2 saturated heterocycles. The summed E-state index contributed by atoms with van der Waals surface area (Å²) in [5.41, 5.74) is 1.36. The Kier molecular flexibility index (Phi) is 6.17. The summed E-state index contributed by atoms with van der Waals surface area (Å²) >= 11 is 0. The minimum absolute atomic E-state index is 0.0399. The fraction of sp³-hybridized carbons (Fsp3) is 0.500. The number of carbonyl (C=O) groups excluding carboxylic acids is 1. The predicted octanol–water partition coefficient (Wildman–Crippen LogP) is 2.47. The van der Waals surface area contributed by atoms with Gasteiger partial charge in [-0.2, -0.15) is 0 Å². The molecule has 1 aromatic carbocycles. The maximum absolute atomic E-state index is 12.8. The monoisotopic (exact) mass is 379 g/mol. The summed E-state index contributed by atoms with van der Waals surface area (Å²) < 4.78 is 0. The van der Waals surface area contributed by atoms with Crippen LogP contribution in [-0.4, -0.2) is 53.0 Å². The van der Waals surface area contributed by atoms with Crippen LogP contribution in [0.4, 0.5) is 5.82 Å². The van der Waals surface area contributed by atoms with E-state index >= 15 is 0 Å². The lowest BCUT2D eigenvalue weighted by atomic mass is 9.95. The van der Waals surface area contributed by atoms with Gasteiger partial charge >= 0.3 is 0 Å². The minimum Gasteiger partial charge on any atom is -0.355 e. The van der Waals surface area contributed by atoms with Gasteiger partial charge in [0.25, 0.3) is 0 Å². The van der Waals surface area contributed by atoms with Gasteiger partial charge in [0.1, 0.15) is 5.82 Å². The summed E-state index contributed by atoms with van der Waals surface area (Å²) in [5.74, 6) is 1.11. The number of nitrogens with zero attached hydrogens (tertiary/aromatic N) is 4. The molecule has 28 heavy (non-hydrogen) atoms. The van der Waals surface area contributed by atoms with E-state index in [1.165, 1.54) is 5.56 Å². The Bertz CT molecular complexity index is 746. The number of likely N-dealkylation sites (tertiary alicyclic amines) is 1. The molecule has 1 atom stereocenters. The topological polar surface area (TPSA) is 61.4 Å². The molecule has 6 nitrogen and oxygen atoms in total. The first-order valence-electron chi connectivity index (χ1n) is 10.4. The summed E-state index contributed by atoms with van der Waals surface area (Å²) in [5, 5.41) is 3.32. The molecule has 2 fully saturated rings. The van der Waals surface area contributed by atoms with Gasteiger partial charge < -0.3 is 10.2 Å². The van der Waals surface area contributed by atoms with Gasteiger partial charge in [-0.3, -0.25) is 14.7 Å². The molecule has 1 aromatic heterocycles. The number of hydrogen-bond acceptors (Lipinski definition) is 5. The molecule has 0 saturated carbocycles.